The van der Waals surface area contributed by atoms with Gasteiger partial charge in [-0.05, 0) is 6.92 Å². The van der Waals surface area contributed by atoms with Crippen LogP contribution in [0.3, 0.4) is 0 Å². The van der Waals surface area contributed by atoms with Gasteiger partial charge in [-0.3, -0.25) is 4.48 Å². The van der Waals surface area contributed by atoms with E-state index in [1.807, 2.05) is 18.2 Å². The summed E-state index contributed by atoms with van der Waals surface area (Å²) in [5.74, 6) is -0.365. The molecule has 0 aliphatic rings. The molecule has 0 radical (unpaired) electrons. The number of benzene rings is 1. The van der Waals surface area contributed by atoms with Crippen molar-refractivity contribution in [3.05, 3.63) is 48.6 Å². The molecule has 106 valence electrons. The largest absolute Gasteiger partial charge is 0.412 e. The molecule has 4 heteroatoms. The fourth-order valence-corrected chi connectivity index (χ4v) is 1.55. The number of ether oxygens (including phenoxy) is 1. The van der Waals surface area contributed by atoms with E-state index in [1.165, 1.54) is 18.0 Å². The number of carbonyl (C=O) groups is 1. The number of carbonyl (C=O) groups excluding carboxylic acids is 1. The summed E-state index contributed by atoms with van der Waals surface area (Å²) < 4.78 is 5.80. The second-order valence-electron chi connectivity index (χ2n) is 4.38. The van der Waals surface area contributed by atoms with E-state index in [0.717, 1.165) is 13.1 Å². The first-order valence-corrected chi connectivity index (χ1v) is 6.89. The third-order valence-corrected chi connectivity index (χ3v) is 2.86. The first-order chi connectivity index (χ1) is 9.09. The summed E-state index contributed by atoms with van der Waals surface area (Å²) in [5, 5.41) is 0. The van der Waals surface area contributed by atoms with Crippen LogP contribution in [-0.2, 0) is 16.1 Å². The number of alkyl halides is 1. The highest BCUT2D eigenvalue weighted by molar-refractivity contribution is 6.15. The average molecular weight is 285 g/mol. The van der Waals surface area contributed by atoms with E-state index in [2.05, 4.69) is 44.3 Å². The number of hydrogen-bond donors (Lipinski definition) is 0. The fourth-order valence-electron chi connectivity index (χ4n) is 1.55. The van der Waals surface area contributed by atoms with Crippen molar-refractivity contribution in [2.75, 3.05) is 26.7 Å². The molecule has 0 spiro atoms. The van der Waals surface area contributed by atoms with Crippen LogP contribution in [-0.4, -0.2) is 37.2 Å². The van der Waals surface area contributed by atoms with Crippen LogP contribution in [0.25, 0.3) is 0 Å². The maximum absolute atomic E-state index is 11.1. The molecule has 1 aromatic carbocycles. The fraction of sp³-hybridized carbons (Fsp3) is 0.400. The molecule has 0 aliphatic heterocycles. The summed E-state index contributed by atoms with van der Waals surface area (Å²) in [7, 11) is 2.07. The van der Waals surface area contributed by atoms with Crippen molar-refractivity contribution in [2.24, 2.45) is 0 Å². The van der Waals surface area contributed by atoms with Crippen molar-refractivity contribution in [1.82, 2.24) is 0 Å². The molecule has 0 saturated heterocycles. The van der Waals surface area contributed by atoms with Crippen LogP contribution in [0, 0.1) is 0 Å². The highest BCUT2D eigenvalue weighted by Gasteiger charge is 2.21. The van der Waals surface area contributed by atoms with Gasteiger partial charge in [-0.25, -0.2) is 4.79 Å². The molecular formula is C15H23ClNO2+. The van der Waals surface area contributed by atoms with Gasteiger partial charge in [-0.2, -0.15) is 0 Å². The molecule has 1 rings (SSSR count). The zero-order valence-electron chi connectivity index (χ0n) is 11.9. The van der Waals surface area contributed by atoms with Crippen LogP contribution in [0.2, 0.25) is 0 Å². The van der Waals surface area contributed by atoms with Gasteiger partial charge in [0.2, 0.25) is 6.73 Å². The Kier molecular flexibility index (Phi) is 8.92. The highest BCUT2D eigenvalue weighted by Crippen LogP contribution is 2.11. The second kappa shape index (κ2) is 9.59. The molecule has 0 aromatic heterocycles. The van der Waals surface area contributed by atoms with E-state index in [0.29, 0.717) is 11.2 Å². The Morgan fingerprint density at radius 3 is 2.42 bits per heavy atom. The van der Waals surface area contributed by atoms with Crippen molar-refractivity contribution in [3.8, 4) is 0 Å². The summed E-state index contributed by atoms with van der Waals surface area (Å²) in [4.78, 5) is 11.1. The molecule has 0 amide bonds. The van der Waals surface area contributed by atoms with E-state index in [1.54, 1.807) is 0 Å². The van der Waals surface area contributed by atoms with Crippen molar-refractivity contribution in [2.45, 2.75) is 13.5 Å². The van der Waals surface area contributed by atoms with Crippen LogP contribution in [0.5, 0.6) is 0 Å². The smallest absolute Gasteiger partial charge is 0.334 e. The van der Waals surface area contributed by atoms with Crippen molar-refractivity contribution in [3.63, 3.8) is 0 Å². The van der Waals surface area contributed by atoms with Gasteiger partial charge in [0, 0.05) is 18.0 Å². The number of esters is 1. The lowest BCUT2D eigenvalue weighted by atomic mass is 10.2. The van der Waals surface area contributed by atoms with Crippen molar-refractivity contribution in [1.29, 1.82) is 0 Å². The van der Waals surface area contributed by atoms with Crippen LogP contribution in [0.4, 0.5) is 0 Å². The third kappa shape index (κ3) is 6.99. The lowest BCUT2D eigenvalue weighted by Gasteiger charge is -2.32. The lowest BCUT2D eigenvalue weighted by Crippen LogP contribution is -2.45. The van der Waals surface area contributed by atoms with Crippen LogP contribution < -0.4 is 0 Å². The zero-order chi connectivity index (χ0) is 14.7. The van der Waals surface area contributed by atoms with Gasteiger partial charge in [0.25, 0.3) is 0 Å². The predicted octanol–water partition coefficient (Wildman–Crippen LogP) is 3.19. The van der Waals surface area contributed by atoms with Crippen LogP contribution >= 0.6 is 11.6 Å². The Hall–Kier alpha value is -1.32. The SMILES string of the molecule is C=CC(=O)OC[N+](C)(CC)Cc1ccccc1.CCl. The summed E-state index contributed by atoms with van der Waals surface area (Å²) in [5.41, 5.74) is 1.24. The monoisotopic (exact) mass is 284 g/mol. The van der Waals surface area contributed by atoms with E-state index in [4.69, 9.17) is 4.74 Å². The summed E-state index contributed by atoms with van der Waals surface area (Å²) in [6.07, 6.45) is 2.67. The van der Waals surface area contributed by atoms with E-state index >= 15 is 0 Å². The van der Waals surface area contributed by atoms with Gasteiger partial charge in [0.1, 0.15) is 6.54 Å². The number of rotatable bonds is 6. The Bertz CT molecular complexity index is 381. The molecule has 1 aromatic rings. The minimum atomic E-state index is -0.365. The molecule has 0 fully saturated rings. The molecule has 0 saturated carbocycles. The molecule has 0 bridgehead atoms. The second-order valence-corrected chi connectivity index (χ2v) is 4.38. The number of hydrogen-bond acceptors (Lipinski definition) is 2. The maximum Gasteiger partial charge on any atom is 0.334 e. The molecule has 3 nitrogen and oxygen atoms in total. The Labute approximate surface area is 121 Å². The Morgan fingerprint density at radius 1 is 1.37 bits per heavy atom. The van der Waals surface area contributed by atoms with Gasteiger partial charge >= 0.3 is 5.97 Å². The molecule has 1 atom stereocenters. The predicted molar refractivity (Wildman–Crippen MR) is 79.8 cm³/mol. The molecule has 0 N–H and O–H groups in total. The zero-order valence-corrected chi connectivity index (χ0v) is 12.7. The molecule has 1 unspecified atom stereocenters. The Morgan fingerprint density at radius 2 is 1.95 bits per heavy atom. The van der Waals surface area contributed by atoms with E-state index < -0.39 is 0 Å². The lowest BCUT2D eigenvalue weighted by molar-refractivity contribution is -0.936. The van der Waals surface area contributed by atoms with Crippen LogP contribution in [0.1, 0.15) is 12.5 Å². The minimum absolute atomic E-state index is 0.365. The first kappa shape index (κ1) is 17.7. The molecular weight excluding hydrogens is 262 g/mol. The summed E-state index contributed by atoms with van der Waals surface area (Å²) in [6.45, 7) is 7.60. The van der Waals surface area contributed by atoms with Gasteiger partial charge < -0.3 is 4.74 Å². The summed E-state index contributed by atoms with van der Waals surface area (Å²) in [6, 6.07) is 10.2. The number of quaternary nitrogens is 1. The first-order valence-electron chi connectivity index (χ1n) is 6.14. The summed E-state index contributed by atoms with van der Waals surface area (Å²) >= 11 is 4.64. The van der Waals surface area contributed by atoms with Crippen molar-refractivity contribution < 1.29 is 14.0 Å². The highest BCUT2D eigenvalue weighted by atomic mass is 35.5. The molecule has 19 heavy (non-hydrogen) atoms. The van der Waals surface area contributed by atoms with Gasteiger partial charge in [0.15, 0.2) is 0 Å². The number of nitrogens with zero attached hydrogens (tertiary/aromatic N) is 1. The van der Waals surface area contributed by atoms with Crippen molar-refractivity contribution >= 4 is 17.6 Å². The Balaban J connectivity index is 0.00000154. The van der Waals surface area contributed by atoms with E-state index in [9.17, 15) is 4.79 Å². The van der Waals surface area contributed by atoms with Gasteiger partial charge in [-0.15, -0.1) is 11.6 Å². The third-order valence-electron chi connectivity index (χ3n) is 2.86. The molecule has 0 aliphatic carbocycles. The average Bonchev–Trinajstić information content (AvgIpc) is 2.48. The quantitative estimate of drug-likeness (QED) is 0.264. The van der Waals surface area contributed by atoms with E-state index in [-0.39, 0.29) is 5.97 Å². The molecule has 0 heterocycles. The number of halogens is 1. The van der Waals surface area contributed by atoms with Crippen LogP contribution in [0.15, 0.2) is 43.0 Å². The topological polar surface area (TPSA) is 26.3 Å². The maximum atomic E-state index is 11.1. The van der Waals surface area contributed by atoms with Gasteiger partial charge in [0.05, 0.1) is 13.6 Å². The van der Waals surface area contributed by atoms with Gasteiger partial charge in [-0.1, -0.05) is 36.9 Å². The normalized spacial score (nSPS) is 12.6. The standard InChI is InChI=1S/C14H20NO2.CH3Cl/c1-4-14(16)17-12-15(3,5-2)11-13-9-7-6-8-10-13;1-2/h4,6-10H,1,5,11-12H2,2-3H3;1H3/q+1;. The minimum Gasteiger partial charge on any atom is -0.412 e.